The van der Waals surface area contributed by atoms with Crippen LogP contribution in [0.2, 0.25) is 0 Å². The smallest absolute Gasteiger partial charge is 0.332 e. The van der Waals surface area contributed by atoms with Crippen LogP contribution in [0.25, 0.3) is 0 Å². The zero-order valence-electron chi connectivity index (χ0n) is 10.2. The SMILES string of the molecule is COC(=O)C(C)(NC1CCCC1)c1nccs1. The zero-order chi connectivity index (χ0) is 12.3. The minimum Gasteiger partial charge on any atom is -0.467 e. The summed E-state index contributed by atoms with van der Waals surface area (Å²) in [5, 5.41) is 6.07. The van der Waals surface area contributed by atoms with E-state index in [4.69, 9.17) is 4.74 Å². The molecule has 94 valence electrons. The molecule has 1 aromatic rings. The van der Waals surface area contributed by atoms with Crippen LogP contribution in [0.3, 0.4) is 0 Å². The van der Waals surface area contributed by atoms with E-state index in [0.717, 1.165) is 17.8 Å². The molecule has 17 heavy (non-hydrogen) atoms. The average Bonchev–Trinajstić information content (AvgIpc) is 2.99. The number of ether oxygens (including phenoxy) is 1. The van der Waals surface area contributed by atoms with E-state index >= 15 is 0 Å². The predicted octanol–water partition coefficient (Wildman–Crippen LogP) is 2.06. The monoisotopic (exact) mass is 254 g/mol. The number of esters is 1. The quantitative estimate of drug-likeness (QED) is 0.836. The van der Waals surface area contributed by atoms with Crippen molar-refractivity contribution in [1.29, 1.82) is 0 Å². The summed E-state index contributed by atoms with van der Waals surface area (Å²) in [6, 6.07) is 0.392. The molecule has 1 saturated carbocycles. The largest absolute Gasteiger partial charge is 0.467 e. The molecule has 4 nitrogen and oxygen atoms in total. The van der Waals surface area contributed by atoms with Crippen LogP contribution in [0.5, 0.6) is 0 Å². The van der Waals surface area contributed by atoms with Crippen molar-refractivity contribution in [3.05, 3.63) is 16.6 Å². The summed E-state index contributed by atoms with van der Waals surface area (Å²) in [4.78, 5) is 16.3. The molecule has 0 amide bonds. The molecule has 0 radical (unpaired) electrons. The second-order valence-electron chi connectivity index (χ2n) is 4.58. The second kappa shape index (κ2) is 5.14. The van der Waals surface area contributed by atoms with Crippen LogP contribution in [-0.2, 0) is 15.1 Å². The molecule has 0 bridgehead atoms. The van der Waals surface area contributed by atoms with E-state index in [9.17, 15) is 4.79 Å². The topological polar surface area (TPSA) is 51.2 Å². The molecule has 5 heteroatoms. The van der Waals surface area contributed by atoms with Gasteiger partial charge in [0.25, 0.3) is 0 Å². The highest BCUT2D eigenvalue weighted by Gasteiger charge is 2.40. The number of nitrogens with zero attached hydrogens (tertiary/aromatic N) is 1. The van der Waals surface area contributed by atoms with Crippen molar-refractivity contribution in [3.63, 3.8) is 0 Å². The lowest BCUT2D eigenvalue weighted by Crippen LogP contribution is -2.51. The van der Waals surface area contributed by atoms with E-state index in [0.29, 0.717) is 6.04 Å². The fraction of sp³-hybridized carbons (Fsp3) is 0.667. The Balaban J connectivity index is 2.20. The van der Waals surface area contributed by atoms with Gasteiger partial charge in [-0.1, -0.05) is 12.8 Å². The van der Waals surface area contributed by atoms with Crippen LogP contribution >= 0.6 is 11.3 Å². The molecule has 0 aromatic carbocycles. The minimum atomic E-state index is -0.808. The zero-order valence-corrected chi connectivity index (χ0v) is 11.0. The van der Waals surface area contributed by atoms with Crippen LogP contribution in [0, 0.1) is 0 Å². The first kappa shape index (κ1) is 12.5. The first-order valence-corrected chi connectivity index (χ1v) is 6.81. The van der Waals surface area contributed by atoms with Crippen molar-refractivity contribution in [2.75, 3.05) is 7.11 Å². The molecule has 1 fully saturated rings. The van der Waals surface area contributed by atoms with E-state index in [1.165, 1.54) is 31.3 Å². The number of methoxy groups -OCH3 is 1. The summed E-state index contributed by atoms with van der Waals surface area (Å²) >= 11 is 1.48. The van der Waals surface area contributed by atoms with E-state index in [1.807, 2.05) is 12.3 Å². The van der Waals surface area contributed by atoms with Gasteiger partial charge in [-0.2, -0.15) is 0 Å². The summed E-state index contributed by atoms with van der Waals surface area (Å²) in [6.45, 7) is 1.86. The Morgan fingerprint density at radius 2 is 2.29 bits per heavy atom. The Bertz CT molecular complexity index is 374. The molecule has 0 saturated heterocycles. The van der Waals surface area contributed by atoms with Crippen molar-refractivity contribution in [1.82, 2.24) is 10.3 Å². The minimum absolute atomic E-state index is 0.264. The van der Waals surface area contributed by atoms with Gasteiger partial charge in [0.2, 0.25) is 0 Å². The number of aromatic nitrogens is 1. The average molecular weight is 254 g/mol. The van der Waals surface area contributed by atoms with Crippen LogP contribution < -0.4 is 5.32 Å². The van der Waals surface area contributed by atoms with Crippen molar-refractivity contribution in [2.45, 2.75) is 44.2 Å². The highest BCUT2D eigenvalue weighted by Crippen LogP contribution is 2.28. The number of carbonyl (C=O) groups excluding carboxylic acids is 1. The van der Waals surface area contributed by atoms with Gasteiger partial charge in [-0.25, -0.2) is 9.78 Å². The van der Waals surface area contributed by atoms with E-state index in [-0.39, 0.29) is 5.97 Å². The highest BCUT2D eigenvalue weighted by atomic mass is 32.1. The third-order valence-electron chi connectivity index (χ3n) is 3.30. The fourth-order valence-electron chi connectivity index (χ4n) is 2.36. The number of hydrogen-bond donors (Lipinski definition) is 1. The molecule has 1 atom stereocenters. The molecule has 0 spiro atoms. The van der Waals surface area contributed by atoms with Crippen molar-refractivity contribution >= 4 is 17.3 Å². The number of carbonyl (C=O) groups is 1. The predicted molar refractivity (Wildman–Crippen MR) is 66.9 cm³/mol. The lowest BCUT2D eigenvalue weighted by atomic mass is 10.0. The van der Waals surface area contributed by atoms with Gasteiger partial charge in [0.15, 0.2) is 5.54 Å². The number of rotatable bonds is 4. The molecule has 1 heterocycles. The van der Waals surface area contributed by atoms with Gasteiger partial charge >= 0.3 is 5.97 Å². The third kappa shape index (κ3) is 2.50. The number of nitrogens with one attached hydrogen (secondary N) is 1. The second-order valence-corrected chi connectivity index (χ2v) is 5.47. The van der Waals surface area contributed by atoms with E-state index in [1.54, 1.807) is 6.20 Å². The van der Waals surface area contributed by atoms with Crippen molar-refractivity contribution in [2.24, 2.45) is 0 Å². The summed E-state index contributed by atoms with van der Waals surface area (Å²) in [5.74, 6) is -0.264. The highest BCUT2D eigenvalue weighted by molar-refractivity contribution is 7.09. The van der Waals surface area contributed by atoms with Gasteiger partial charge in [0.1, 0.15) is 5.01 Å². The number of thiazole rings is 1. The first-order chi connectivity index (χ1) is 8.16. The van der Waals surface area contributed by atoms with Gasteiger partial charge < -0.3 is 4.74 Å². The lowest BCUT2D eigenvalue weighted by molar-refractivity contribution is -0.148. The van der Waals surface area contributed by atoms with Gasteiger partial charge in [-0.3, -0.25) is 5.32 Å². The molecule has 1 unspecified atom stereocenters. The van der Waals surface area contributed by atoms with Gasteiger partial charge in [-0.05, 0) is 19.8 Å². The van der Waals surface area contributed by atoms with Crippen LogP contribution in [0.15, 0.2) is 11.6 Å². The van der Waals surface area contributed by atoms with Crippen molar-refractivity contribution < 1.29 is 9.53 Å². The molecule has 1 N–H and O–H groups in total. The van der Waals surface area contributed by atoms with Crippen LogP contribution in [0.4, 0.5) is 0 Å². The van der Waals surface area contributed by atoms with Crippen molar-refractivity contribution in [3.8, 4) is 0 Å². The third-order valence-corrected chi connectivity index (χ3v) is 4.30. The summed E-state index contributed by atoms with van der Waals surface area (Å²) in [6.07, 6.45) is 6.42. The fourth-order valence-corrected chi connectivity index (χ4v) is 3.11. The summed E-state index contributed by atoms with van der Waals surface area (Å²) in [7, 11) is 1.42. The van der Waals surface area contributed by atoms with Crippen LogP contribution in [-0.4, -0.2) is 24.1 Å². The Morgan fingerprint density at radius 3 is 2.82 bits per heavy atom. The Hall–Kier alpha value is -0.940. The first-order valence-electron chi connectivity index (χ1n) is 5.93. The summed E-state index contributed by atoms with van der Waals surface area (Å²) < 4.78 is 4.91. The number of hydrogen-bond acceptors (Lipinski definition) is 5. The van der Waals surface area contributed by atoms with Gasteiger partial charge in [0, 0.05) is 17.6 Å². The maximum atomic E-state index is 12.0. The van der Waals surface area contributed by atoms with Gasteiger partial charge in [-0.15, -0.1) is 11.3 Å². The van der Waals surface area contributed by atoms with Gasteiger partial charge in [0.05, 0.1) is 7.11 Å². The standard InChI is InChI=1S/C12H18N2O2S/c1-12(11(15)16-2,10-13-7-8-17-10)14-9-5-3-4-6-9/h7-9,14H,3-6H2,1-2H3. The Kier molecular flexibility index (Phi) is 3.79. The Labute approximate surface area is 105 Å². The molecule has 2 rings (SSSR count). The molecule has 0 aliphatic heterocycles. The normalized spacial score (nSPS) is 20.1. The maximum absolute atomic E-state index is 12.0. The Morgan fingerprint density at radius 1 is 1.59 bits per heavy atom. The maximum Gasteiger partial charge on any atom is 0.332 e. The molecule has 1 aromatic heterocycles. The summed E-state index contributed by atoms with van der Waals surface area (Å²) in [5.41, 5.74) is -0.808. The molecule has 1 aliphatic rings. The van der Waals surface area contributed by atoms with E-state index < -0.39 is 5.54 Å². The lowest BCUT2D eigenvalue weighted by Gasteiger charge is -2.29. The van der Waals surface area contributed by atoms with Crippen LogP contribution in [0.1, 0.15) is 37.6 Å². The molecule has 1 aliphatic carbocycles. The molecular formula is C12H18N2O2S. The van der Waals surface area contributed by atoms with E-state index in [2.05, 4.69) is 10.3 Å². The molecular weight excluding hydrogens is 236 g/mol.